The molecule has 0 bridgehead atoms. The summed E-state index contributed by atoms with van der Waals surface area (Å²) < 4.78 is 0. The number of amides is 2. The highest BCUT2D eigenvalue weighted by molar-refractivity contribution is 6.31. The number of nitrogens with zero attached hydrogens (tertiary/aromatic N) is 1. The molecule has 0 aromatic heterocycles. The van der Waals surface area contributed by atoms with Crippen LogP contribution in [0.5, 0.6) is 5.75 Å². The Labute approximate surface area is 156 Å². The average Bonchev–Trinajstić information content (AvgIpc) is 2.53. The first-order chi connectivity index (χ1) is 12.2. The number of carbonyl (C=O) groups excluding carboxylic acids is 2. The van der Waals surface area contributed by atoms with Crippen molar-refractivity contribution in [3.05, 3.63) is 58.1 Å². The first-order valence-corrected chi connectivity index (χ1v) is 8.32. The normalized spacial score (nSPS) is 11.2. The Hall–Kier alpha value is -2.86. The van der Waals surface area contributed by atoms with Gasteiger partial charge in [0.2, 0.25) is 5.91 Å². The minimum Gasteiger partial charge on any atom is -0.507 e. The van der Waals surface area contributed by atoms with Crippen molar-refractivity contribution in [2.75, 3.05) is 5.32 Å². The lowest BCUT2D eigenvalue weighted by atomic mass is 10.1. The number of rotatable bonds is 5. The van der Waals surface area contributed by atoms with Gasteiger partial charge in [-0.2, -0.15) is 5.10 Å². The summed E-state index contributed by atoms with van der Waals surface area (Å²) in [4.78, 5) is 24.1. The molecule has 3 N–H and O–H groups in total. The predicted octanol–water partition coefficient (Wildman–Crippen LogP) is 3.80. The van der Waals surface area contributed by atoms with Gasteiger partial charge < -0.3 is 10.4 Å². The van der Waals surface area contributed by atoms with E-state index in [0.29, 0.717) is 16.4 Å². The molecule has 2 aromatic rings. The molecule has 0 saturated carbocycles. The molecule has 7 heteroatoms. The van der Waals surface area contributed by atoms with Crippen molar-refractivity contribution >= 4 is 34.8 Å². The van der Waals surface area contributed by atoms with Gasteiger partial charge in [0.1, 0.15) is 5.75 Å². The van der Waals surface area contributed by atoms with Crippen LogP contribution in [0.2, 0.25) is 5.02 Å². The van der Waals surface area contributed by atoms with E-state index in [9.17, 15) is 14.7 Å². The second kappa shape index (κ2) is 8.49. The van der Waals surface area contributed by atoms with Crippen LogP contribution in [0.25, 0.3) is 0 Å². The number of phenols is 1. The number of phenolic OH excluding ortho intramolecular Hbond substituents is 1. The van der Waals surface area contributed by atoms with Gasteiger partial charge in [-0.3, -0.25) is 9.59 Å². The number of nitrogens with one attached hydrogen (secondary N) is 2. The van der Waals surface area contributed by atoms with Crippen LogP contribution in [0.15, 0.2) is 41.5 Å². The summed E-state index contributed by atoms with van der Waals surface area (Å²) in [6.07, 6.45) is 0.0226. The third kappa shape index (κ3) is 5.60. The minimum absolute atomic E-state index is 0.00809. The summed E-state index contributed by atoms with van der Waals surface area (Å²) in [6, 6.07) is 9.90. The summed E-state index contributed by atoms with van der Waals surface area (Å²) >= 11 is 5.81. The molecule has 0 aliphatic heterocycles. The van der Waals surface area contributed by atoms with Crippen LogP contribution in [0.3, 0.4) is 0 Å². The number of halogens is 1. The molecular weight excluding hydrogens is 354 g/mol. The van der Waals surface area contributed by atoms with Crippen molar-refractivity contribution in [2.45, 2.75) is 27.2 Å². The fourth-order valence-corrected chi connectivity index (χ4v) is 2.59. The van der Waals surface area contributed by atoms with E-state index in [0.717, 1.165) is 11.1 Å². The van der Waals surface area contributed by atoms with Gasteiger partial charge >= 0.3 is 0 Å². The van der Waals surface area contributed by atoms with Crippen molar-refractivity contribution in [3.8, 4) is 5.75 Å². The van der Waals surface area contributed by atoms with Crippen LogP contribution >= 0.6 is 11.6 Å². The average molecular weight is 374 g/mol. The van der Waals surface area contributed by atoms with Crippen LogP contribution < -0.4 is 10.7 Å². The number of anilines is 1. The number of hydrogen-bond acceptors (Lipinski definition) is 4. The van der Waals surface area contributed by atoms with Crippen molar-refractivity contribution in [1.29, 1.82) is 0 Å². The first kappa shape index (κ1) is 19.5. The molecule has 0 fully saturated rings. The maximum Gasteiger partial charge on any atom is 0.275 e. The lowest BCUT2D eigenvalue weighted by Gasteiger charge is -2.08. The number of aryl methyl sites for hydroxylation is 2. The van der Waals surface area contributed by atoms with Crippen molar-refractivity contribution < 1.29 is 14.7 Å². The van der Waals surface area contributed by atoms with Gasteiger partial charge in [0, 0.05) is 16.4 Å². The van der Waals surface area contributed by atoms with Crippen molar-refractivity contribution in [1.82, 2.24) is 5.43 Å². The number of aromatic hydroxyl groups is 1. The highest BCUT2D eigenvalue weighted by Gasteiger charge is 2.12. The Morgan fingerprint density at radius 3 is 2.42 bits per heavy atom. The molecule has 0 atom stereocenters. The lowest BCUT2D eigenvalue weighted by Crippen LogP contribution is -2.21. The van der Waals surface area contributed by atoms with Crippen LogP contribution in [0, 0.1) is 13.8 Å². The van der Waals surface area contributed by atoms with Gasteiger partial charge in [-0.15, -0.1) is 0 Å². The maximum atomic E-state index is 12.1. The highest BCUT2D eigenvalue weighted by atomic mass is 35.5. The Balaban J connectivity index is 1.95. The minimum atomic E-state index is -0.612. The standard InChI is InChI=1S/C19H20ClN3O3/c1-11-6-12(2)8-15(7-11)21-18(25)9-13(3)22-23-19(26)16-10-14(20)4-5-17(16)24/h4-8,10,24H,9H2,1-3H3,(H,21,25)(H,23,26). The summed E-state index contributed by atoms with van der Waals surface area (Å²) in [5, 5.41) is 16.7. The van der Waals surface area contributed by atoms with Crippen molar-refractivity contribution in [3.63, 3.8) is 0 Å². The highest BCUT2D eigenvalue weighted by Crippen LogP contribution is 2.21. The zero-order chi connectivity index (χ0) is 19.3. The topological polar surface area (TPSA) is 90.8 Å². The van der Waals surface area contributed by atoms with E-state index in [-0.39, 0.29) is 23.6 Å². The van der Waals surface area contributed by atoms with Crippen LogP contribution in [0.4, 0.5) is 5.69 Å². The molecule has 136 valence electrons. The van der Waals surface area contributed by atoms with Gasteiger partial charge in [-0.25, -0.2) is 5.43 Å². The third-order valence-electron chi connectivity index (χ3n) is 3.47. The summed E-state index contributed by atoms with van der Waals surface area (Å²) in [6.45, 7) is 5.53. The second-order valence-corrected chi connectivity index (χ2v) is 6.49. The molecule has 6 nitrogen and oxygen atoms in total. The monoisotopic (exact) mass is 373 g/mol. The Kier molecular flexibility index (Phi) is 6.36. The van der Waals surface area contributed by atoms with E-state index in [1.165, 1.54) is 18.2 Å². The molecule has 2 rings (SSSR count). The van der Waals surface area contributed by atoms with Gasteiger partial charge in [-0.1, -0.05) is 17.7 Å². The molecule has 2 amide bonds. The summed E-state index contributed by atoms with van der Waals surface area (Å²) in [7, 11) is 0. The largest absolute Gasteiger partial charge is 0.507 e. The first-order valence-electron chi connectivity index (χ1n) is 7.95. The Morgan fingerprint density at radius 1 is 1.12 bits per heavy atom. The molecule has 2 aromatic carbocycles. The molecule has 0 unspecified atom stereocenters. The van der Waals surface area contributed by atoms with E-state index in [4.69, 9.17) is 11.6 Å². The number of benzene rings is 2. The Morgan fingerprint density at radius 2 is 1.77 bits per heavy atom. The molecule has 0 saturated heterocycles. The van der Waals surface area contributed by atoms with E-state index < -0.39 is 5.91 Å². The summed E-state index contributed by atoms with van der Waals surface area (Å²) in [5.41, 5.74) is 5.56. The zero-order valence-corrected chi connectivity index (χ0v) is 15.5. The number of carbonyl (C=O) groups is 2. The van der Waals surface area contributed by atoms with Crippen LogP contribution in [0.1, 0.15) is 34.8 Å². The molecule has 0 heterocycles. The van der Waals surface area contributed by atoms with Gasteiger partial charge in [0.05, 0.1) is 12.0 Å². The van der Waals surface area contributed by atoms with E-state index in [2.05, 4.69) is 15.8 Å². The van der Waals surface area contributed by atoms with Gasteiger partial charge in [-0.05, 0) is 62.2 Å². The van der Waals surface area contributed by atoms with E-state index in [1.807, 2.05) is 32.0 Å². The summed E-state index contributed by atoms with van der Waals surface area (Å²) in [5.74, 6) is -1.05. The molecule has 0 radical (unpaired) electrons. The van der Waals surface area contributed by atoms with E-state index in [1.54, 1.807) is 6.92 Å². The second-order valence-electron chi connectivity index (χ2n) is 6.05. The fraction of sp³-hybridized carbons (Fsp3) is 0.211. The van der Waals surface area contributed by atoms with Crippen LogP contribution in [-0.2, 0) is 4.79 Å². The quantitative estimate of drug-likeness (QED) is 0.550. The lowest BCUT2D eigenvalue weighted by molar-refractivity contribution is -0.115. The smallest absolute Gasteiger partial charge is 0.275 e. The van der Waals surface area contributed by atoms with Gasteiger partial charge in [0.15, 0.2) is 0 Å². The fourth-order valence-electron chi connectivity index (χ4n) is 2.42. The van der Waals surface area contributed by atoms with E-state index >= 15 is 0 Å². The number of hydrazone groups is 1. The predicted molar refractivity (Wildman–Crippen MR) is 103 cm³/mol. The molecule has 0 spiro atoms. The third-order valence-corrected chi connectivity index (χ3v) is 3.71. The molecular formula is C19H20ClN3O3. The Bertz CT molecular complexity index is 858. The van der Waals surface area contributed by atoms with Crippen molar-refractivity contribution in [2.24, 2.45) is 5.10 Å². The molecule has 0 aliphatic rings. The molecule has 26 heavy (non-hydrogen) atoms. The zero-order valence-electron chi connectivity index (χ0n) is 14.8. The molecule has 0 aliphatic carbocycles. The maximum absolute atomic E-state index is 12.1. The van der Waals surface area contributed by atoms with Crippen LogP contribution in [-0.4, -0.2) is 22.6 Å². The number of hydrogen-bond donors (Lipinski definition) is 3. The SMILES string of the molecule is CC(CC(=O)Nc1cc(C)cc(C)c1)=NNC(=O)c1cc(Cl)ccc1O. The van der Waals surface area contributed by atoms with Gasteiger partial charge in [0.25, 0.3) is 5.91 Å².